The average molecular weight is 271 g/mol. The van der Waals surface area contributed by atoms with Gasteiger partial charge in [-0.3, -0.25) is 0 Å². The molecule has 0 aliphatic carbocycles. The summed E-state index contributed by atoms with van der Waals surface area (Å²) in [6.45, 7) is 0.227. The molecule has 0 saturated carbocycles. The summed E-state index contributed by atoms with van der Waals surface area (Å²) in [6, 6.07) is -0.133. The van der Waals surface area contributed by atoms with Crippen molar-refractivity contribution in [3.8, 4) is 0 Å². The molecule has 0 bridgehead atoms. The van der Waals surface area contributed by atoms with Gasteiger partial charge in [0, 0.05) is 18.8 Å². The molecule has 0 amide bonds. The van der Waals surface area contributed by atoms with E-state index in [1.54, 1.807) is 0 Å². The molecule has 1 saturated heterocycles. The molecule has 0 aromatic carbocycles. The van der Waals surface area contributed by atoms with Crippen LogP contribution in [0.3, 0.4) is 0 Å². The zero-order chi connectivity index (χ0) is 13.2. The third-order valence-electron chi connectivity index (χ3n) is 2.82. The van der Waals surface area contributed by atoms with Gasteiger partial charge in [0.25, 0.3) is 0 Å². The number of hydrogen-bond acceptors (Lipinski definition) is 6. The molecule has 2 N–H and O–H groups in total. The van der Waals surface area contributed by atoms with Gasteiger partial charge in [-0.05, 0) is 6.42 Å². The summed E-state index contributed by atoms with van der Waals surface area (Å²) in [6.07, 6.45) is 3.06. The molecular weight excluding hydrogens is 258 g/mol. The van der Waals surface area contributed by atoms with Crippen LogP contribution in [-0.2, 0) is 16.4 Å². The third kappa shape index (κ3) is 3.02. The van der Waals surface area contributed by atoms with Gasteiger partial charge >= 0.3 is 5.97 Å². The minimum absolute atomic E-state index is 0.0332. The lowest BCUT2D eigenvalue weighted by atomic mass is 10.2. The van der Waals surface area contributed by atoms with E-state index in [1.165, 1.54) is 12.5 Å². The highest BCUT2D eigenvalue weighted by molar-refractivity contribution is 7.91. The Kier molecular flexibility index (Phi) is 3.58. The largest absolute Gasteiger partial charge is 0.478 e. The highest BCUT2D eigenvalue weighted by Crippen LogP contribution is 2.12. The van der Waals surface area contributed by atoms with Crippen LogP contribution in [-0.4, -0.2) is 47.0 Å². The minimum atomic E-state index is -2.94. The van der Waals surface area contributed by atoms with Gasteiger partial charge in [-0.15, -0.1) is 0 Å². The Morgan fingerprint density at radius 2 is 2.33 bits per heavy atom. The molecule has 0 spiro atoms. The van der Waals surface area contributed by atoms with Crippen molar-refractivity contribution < 1.29 is 18.3 Å². The predicted octanol–water partition coefficient (Wildman–Crippen LogP) is -0.548. The maximum Gasteiger partial charge on any atom is 0.339 e. The zero-order valence-electron chi connectivity index (χ0n) is 9.54. The quantitative estimate of drug-likeness (QED) is 0.756. The first-order valence-electron chi connectivity index (χ1n) is 5.44. The molecule has 1 fully saturated rings. The summed E-state index contributed by atoms with van der Waals surface area (Å²) < 4.78 is 22.5. The summed E-state index contributed by atoms with van der Waals surface area (Å²) in [7, 11) is -2.94. The summed E-state index contributed by atoms with van der Waals surface area (Å²) in [4.78, 5) is 18.5. The molecule has 0 radical (unpaired) electrons. The number of hydrogen-bond donors (Lipinski definition) is 2. The molecule has 8 heteroatoms. The SMILES string of the molecule is O=C(O)c1cncnc1CNC1CCS(=O)(=O)C1. The van der Waals surface area contributed by atoms with Gasteiger partial charge < -0.3 is 10.4 Å². The van der Waals surface area contributed by atoms with Crippen LogP contribution in [0.5, 0.6) is 0 Å². The maximum absolute atomic E-state index is 11.3. The van der Waals surface area contributed by atoms with Gasteiger partial charge in [0.05, 0.1) is 17.2 Å². The van der Waals surface area contributed by atoms with Gasteiger partial charge in [-0.2, -0.15) is 0 Å². The van der Waals surface area contributed by atoms with E-state index >= 15 is 0 Å². The Morgan fingerprint density at radius 3 is 2.94 bits per heavy atom. The smallest absolute Gasteiger partial charge is 0.339 e. The number of carboxylic acid groups (broad SMARTS) is 1. The molecule has 1 aliphatic heterocycles. The Morgan fingerprint density at radius 1 is 1.56 bits per heavy atom. The van der Waals surface area contributed by atoms with Crippen LogP contribution in [0.4, 0.5) is 0 Å². The zero-order valence-corrected chi connectivity index (χ0v) is 10.4. The second-order valence-electron chi connectivity index (χ2n) is 4.17. The second kappa shape index (κ2) is 4.99. The van der Waals surface area contributed by atoms with E-state index in [-0.39, 0.29) is 29.7 Å². The number of nitrogens with one attached hydrogen (secondary N) is 1. The highest BCUT2D eigenvalue weighted by atomic mass is 32.2. The molecule has 1 aliphatic rings. The summed E-state index contributed by atoms with van der Waals surface area (Å²) in [5, 5.41) is 12.0. The number of sulfone groups is 1. The van der Waals surface area contributed by atoms with E-state index in [0.29, 0.717) is 12.1 Å². The Labute approximate surface area is 104 Å². The molecule has 7 nitrogen and oxygen atoms in total. The van der Waals surface area contributed by atoms with E-state index in [2.05, 4.69) is 15.3 Å². The molecule has 2 heterocycles. The van der Waals surface area contributed by atoms with E-state index < -0.39 is 15.8 Å². The van der Waals surface area contributed by atoms with Crippen LogP contribution in [0.25, 0.3) is 0 Å². The first-order chi connectivity index (χ1) is 8.48. The molecule has 98 valence electrons. The van der Waals surface area contributed by atoms with Crippen molar-refractivity contribution >= 4 is 15.8 Å². The van der Waals surface area contributed by atoms with Crippen molar-refractivity contribution in [2.24, 2.45) is 0 Å². The van der Waals surface area contributed by atoms with Crippen molar-refractivity contribution in [3.05, 3.63) is 23.8 Å². The number of nitrogens with zero attached hydrogens (tertiary/aromatic N) is 2. The van der Waals surface area contributed by atoms with Gasteiger partial charge in [-0.1, -0.05) is 0 Å². The number of aromatic carboxylic acids is 1. The van der Waals surface area contributed by atoms with Crippen LogP contribution in [0.1, 0.15) is 22.5 Å². The summed E-state index contributed by atoms with van der Waals surface area (Å²) in [5.41, 5.74) is 0.396. The Balaban J connectivity index is 2.01. The maximum atomic E-state index is 11.3. The van der Waals surface area contributed by atoms with E-state index in [1.807, 2.05) is 0 Å². The lowest BCUT2D eigenvalue weighted by molar-refractivity contribution is 0.0694. The van der Waals surface area contributed by atoms with E-state index in [0.717, 1.165) is 0 Å². The first-order valence-corrected chi connectivity index (χ1v) is 7.26. The lowest BCUT2D eigenvalue weighted by Crippen LogP contribution is -2.30. The van der Waals surface area contributed by atoms with Crippen molar-refractivity contribution in [1.82, 2.24) is 15.3 Å². The predicted molar refractivity (Wildman–Crippen MR) is 62.9 cm³/mol. The fourth-order valence-corrected chi connectivity index (χ4v) is 3.58. The average Bonchev–Trinajstić information content (AvgIpc) is 2.66. The topological polar surface area (TPSA) is 109 Å². The third-order valence-corrected chi connectivity index (χ3v) is 4.58. The van der Waals surface area contributed by atoms with Crippen LogP contribution in [0, 0.1) is 0 Å². The van der Waals surface area contributed by atoms with Gasteiger partial charge in [0.15, 0.2) is 9.84 Å². The lowest BCUT2D eigenvalue weighted by Gasteiger charge is -2.11. The molecule has 1 aromatic heterocycles. The molecular formula is C10H13N3O4S. The molecule has 1 aromatic rings. The van der Waals surface area contributed by atoms with Gasteiger partial charge in [0.2, 0.25) is 0 Å². The van der Waals surface area contributed by atoms with Gasteiger partial charge in [-0.25, -0.2) is 23.2 Å². The Hall–Kier alpha value is -1.54. The van der Waals surface area contributed by atoms with E-state index in [4.69, 9.17) is 5.11 Å². The molecule has 1 unspecified atom stereocenters. The van der Waals surface area contributed by atoms with Crippen LogP contribution in [0.15, 0.2) is 12.5 Å². The monoisotopic (exact) mass is 271 g/mol. The fourth-order valence-electron chi connectivity index (χ4n) is 1.87. The van der Waals surface area contributed by atoms with Crippen molar-refractivity contribution in [2.75, 3.05) is 11.5 Å². The first kappa shape index (κ1) is 12.9. The number of aromatic nitrogens is 2. The standard InChI is InChI=1S/C10H13N3O4S/c14-10(15)8-3-11-6-13-9(8)4-12-7-1-2-18(16,17)5-7/h3,6-7,12H,1-2,4-5H2,(H,14,15). The van der Waals surface area contributed by atoms with Gasteiger partial charge in [0.1, 0.15) is 11.9 Å². The van der Waals surface area contributed by atoms with Crippen LogP contribution in [0.2, 0.25) is 0 Å². The highest BCUT2D eigenvalue weighted by Gasteiger charge is 2.27. The van der Waals surface area contributed by atoms with E-state index in [9.17, 15) is 13.2 Å². The van der Waals surface area contributed by atoms with Crippen LogP contribution < -0.4 is 5.32 Å². The minimum Gasteiger partial charge on any atom is -0.478 e. The van der Waals surface area contributed by atoms with Crippen molar-refractivity contribution in [3.63, 3.8) is 0 Å². The molecule has 18 heavy (non-hydrogen) atoms. The van der Waals surface area contributed by atoms with Crippen LogP contribution >= 0.6 is 0 Å². The number of carboxylic acids is 1. The Bertz CT molecular complexity index is 558. The number of carbonyl (C=O) groups is 1. The van der Waals surface area contributed by atoms with Crippen molar-refractivity contribution in [1.29, 1.82) is 0 Å². The normalized spacial score (nSPS) is 21.9. The number of rotatable bonds is 4. The van der Waals surface area contributed by atoms with Crippen molar-refractivity contribution in [2.45, 2.75) is 19.0 Å². The fraction of sp³-hybridized carbons (Fsp3) is 0.500. The second-order valence-corrected chi connectivity index (χ2v) is 6.40. The molecule has 1 atom stereocenters. The molecule has 2 rings (SSSR count). The summed E-state index contributed by atoms with van der Waals surface area (Å²) >= 11 is 0. The summed E-state index contributed by atoms with van der Waals surface area (Å²) in [5.74, 6) is -0.813.